The lowest BCUT2D eigenvalue weighted by Crippen LogP contribution is -2.40. The van der Waals surface area contributed by atoms with Crippen LogP contribution in [0.2, 0.25) is 5.02 Å². The number of allylic oxidation sites excluding steroid dienone is 1. The number of aromatic nitrogens is 1. The first-order valence-corrected chi connectivity index (χ1v) is 16.0. The maximum atomic E-state index is 14.1. The molecule has 1 amide bonds. The van der Waals surface area contributed by atoms with Gasteiger partial charge in [0.2, 0.25) is 0 Å². The molecule has 1 aliphatic heterocycles. The van der Waals surface area contributed by atoms with Crippen molar-refractivity contribution < 1.29 is 14.3 Å². The Hall–Kier alpha value is -4.44. The number of ether oxygens (including phenoxy) is 2. The van der Waals surface area contributed by atoms with Crippen LogP contribution in [0.3, 0.4) is 0 Å². The number of carbonyl (C=O) groups is 1. The van der Waals surface area contributed by atoms with Gasteiger partial charge in [0.05, 0.1) is 33.4 Å². The number of hydrogen-bond acceptors (Lipinski definition) is 6. The van der Waals surface area contributed by atoms with Gasteiger partial charge in [0, 0.05) is 10.7 Å². The van der Waals surface area contributed by atoms with Gasteiger partial charge < -0.3 is 14.8 Å². The Kier molecular flexibility index (Phi) is 9.02. The van der Waals surface area contributed by atoms with Crippen LogP contribution in [0, 0.1) is 0 Å². The number of benzene rings is 4. The molecule has 5 aromatic rings. The molecule has 7 nitrogen and oxygen atoms in total. The van der Waals surface area contributed by atoms with Crippen molar-refractivity contribution in [1.29, 1.82) is 0 Å². The fourth-order valence-corrected chi connectivity index (χ4v) is 6.73. The number of nitrogens with one attached hydrogen (secondary N) is 1. The van der Waals surface area contributed by atoms with Crippen molar-refractivity contribution in [2.45, 2.75) is 19.6 Å². The Morgan fingerprint density at radius 1 is 1.04 bits per heavy atom. The van der Waals surface area contributed by atoms with Crippen molar-refractivity contribution in [3.63, 3.8) is 0 Å². The highest BCUT2D eigenvalue weighted by Gasteiger charge is 2.32. The molecule has 0 unspecified atom stereocenters. The fraction of sp³-hybridized carbons (Fsp3) is 0.114. The number of fused-ring (bicyclic) bond motifs is 1. The van der Waals surface area contributed by atoms with Crippen molar-refractivity contribution >= 4 is 56.5 Å². The molecule has 4 aromatic carbocycles. The fourth-order valence-electron chi connectivity index (χ4n) is 5.05. The number of nitrogens with zero attached hydrogens (tertiary/aromatic N) is 2. The number of hydrogen-bond donors (Lipinski definition) is 1. The second kappa shape index (κ2) is 13.3. The molecule has 45 heavy (non-hydrogen) atoms. The predicted molar refractivity (Wildman–Crippen MR) is 182 cm³/mol. The van der Waals surface area contributed by atoms with Gasteiger partial charge in [-0.05, 0) is 94.2 Å². The van der Waals surface area contributed by atoms with Crippen molar-refractivity contribution in [2.75, 3.05) is 12.4 Å². The van der Waals surface area contributed by atoms with E-state index in [-0.39, 0.29) is 11.5 Å². The molecule has 1 aliphatic rings. The zero-order valence-electron chi connectivity index (χ0n) is 24.3. The van der Waals surface area contributed by atoms with Gasteiger partial charge in [0.25, 0.3) is 11.5 Å². The van der Waals surface area contributed by atoms with E-state index in [1.54, 1.807) is 18.6 Å². The average Bonchev–Trinajstić information content (AvgIpc) is 3.34. The van der Waals surface area contributed by atoms with Gasteiger partial charge in [-0.15, -0.1) is 0 Å². The summed E-state index contributed by atoms with van der Waals surface area (Å²) in [6.07, 6.45) is 1.83. The summed E-state index contributed by atoms with van der Waals surface area (Å²) in [6.45, 7) is 2.19. The van der Waals surface area contributed by atoms with E-state index in [0.717, 1.165) is 21.2 Å². The zero-order chi connectivity index (χ0) is 31.5. The van der Waals surface area contributed by atoms with Crippen molar-refractivity contribution in [3.05, 3.63) is 154 Å². The molecule has 0 saturated carbocycles. The zero-order valence-corrected chi connectivity index (χ0v) is 27.4. The van der Waals surface area contributed by atoms with Crippen molar-refractivity contribution in [3.8, 4) is 11.5 Å². The third-order valence-electron chi connectivity index (χ3n) is 7.29. The van der Waals surface area contributed by atoms with Gasteiger partial charge >= 0.3 is 0 Å². The minimum Gasteiger partial charge on any atom is -0.497 e. The minimum absolute atomic E-state index is 0.240. The maximum absolute atomic E-state index is 14.1. The van der Waals surface area contributed by atoms with Crippen LogP contribution >= 0.6 is 38.9 Å². The maximum Gasteiger partial charge on any atom is 0.271 e. The molecule has 0 bridgehead atoms. The van der Waals surface area contributed by atoms with Gasteiger partial charge in [-0.2, -0.15) is 0 Å². The molecule has 0 spiro atoms. The van der Waals surface area contributed by atoms with Crippen LogP contribution in [0.1, 0.15) is 29.7 Å². The lowest BCUT2D eigenvalue weighted by Gasteiger charge is -2.25. The van der Waals surface area contributed by atoms with Gasteiger partial charge in [0.1, 0.15) is 18.1 Å². The van der Waals surface area contributed by atoms with Gasteiger partial charge in [0.15, 0.2) is 4.80 Å². The van der Waals surface area contributed by atoms with Gasteiger partial charge in [-0.1, -0.05) is 71.5 Å². The number of thiazole rings is 1. The van der Waals surface area contributed by atoms with E-state index in [0.29, 0.717) is 49.4 Å². The monoisotopic (exact) mass is 699 g/mol. The number of rotatable bonds is 8. The van der Waals surface area contributed by atoms with E-state index >= 15 is 0 Å². The minimum atomic E-state index is -0.687. The second-order valence-electron chi connectivity index (χ2n) is 10.3. The van der Waals surface area contributed by atoms with Gasteiger partial charge in [-0.3, -0.25) is 14.2 Å². The standard InChI is InChI=1S/C35H27BrClN3O4S/c1-21-31(33(41)39-26-6-4-3-5-7-26)32(24-11-15-27(43-2)16-12-24)40-34(42)30(45-35(40)38-21)19-23-10-17-29(28(36)18-23)44-20-22-8-13-25(37)14-9-22/h3-19,32H,20H2,1-2H3,(H,39,41)/b30-19+/t32-/m0/s1. The summed E-state index contributed by atoms with van der Waals surface area (Å²) in [6, 6.07) is 29.1. The number of para-hydroxylation sites is 1. The summed E-state index contributed by atoms with van der Waals surface area (Å²) < 4.78 is 14.2. The van der Waals surface area contributed by atoms with E-state index in [4.69, 9.17) is 26.1 Å². The third kappa shape index (κ3) is 6.66. The van der Waals surface area contributed by atoms with E-state index in [2.05, 4.69) is 21.2 Å². The van der Waals surface area contributed by atoms with Crippen LogP contribution in [0.4, 0.5) is 5.69 Å². The molecule has 6 rings (SSSR count). The van der Waals surface area contributed by atoms with Crippen LogP contribution in [0.25, 0.3) is 6.08 Å². The molecule has 0 radical (unpaired) electrons. The summed E-state index contributed by atoms with van der Waals surface area (Å²) in [5.74, 6) is 1.02. The number of anilines is 1. The van der Waals surface area contributed by atoms with Crippen LogP contribution in [0.5, 0.6) is 11.5 Å². The topological polar surface area (TPSA) is 81.9 Å². The highest BCUT2D eigenvalue weighted by Crippen LogP contribution is 2.32. The first kappa shape index (κ1) is 30.6. The molecule has 0 saturated heterocycles. The molecular weight excluding hydrogens is 674 g/mol. The van der Waals surface area contributed by atoms with Gasteiger partial charge in [-0.25, -0.2) is 4.99 Å². The van der Waals surface area contributed by atoms with Crippen LogP contribution < -0.4 is 29.7 Å². The first-order valence-electron chi connectivity index (χ1n) is 14.0. The number of halogens is 2. The largest absolute Gasteiger partial charge is 0.497 e. The Morgan fingerprint density at radius 2 is 1.78 bits per heavy atom. The smallest absolute Gasteiger partial charge is 0.271 e. The first-order chi connectivity index (χ1) is 21.8. The molecule has 1 N–H and O–H groups in total. The number of amides is 1. The van der Waals surface area contributed by atoms with E-state index in [1.165, 1.54) is 11.3 Å². The molecule has 1 aromatic heterocycles. The molecule has 2 heterocycles. The molecule has 0 aliphatic carbocycles. The van der Waals surface area contributed by atoms with Crippen molar-refractivity contribution in [1.82, 2.24) is 4.57 Å². The normalized spacial score (nSPS) is 14.5. The average molecular weight is 701 g/mol. The molecule has 0 fully saturated rings. The second-order valence-corrected chi connectivity index (χ2v) is 12.6. The lowest BCUT2D eigenvalue weighted by molar-refractivity contribution is -0.113. The number of methoxy groups -OCH3 is 1. The quantitative estimate of drug-likeness (QED) is 0.192. The van der Waals surface area contributed by atoms with E-state index in [9.17, 15) is 9.59 Å². The van der Waals surface area contributed by atoms with Crippen LogP contribution in [-0.2, 0) is 11.4 Å². The molecule has 226 valence electrons. The van der Waals surface area contributed by atoms with Crippen LogP contribution in [-0.4, -0.2) is 17.6 Å². The SMILES string of the molecule is COc1ccc([C@H]2C(C(=O)Nc3ccccc3)=C(C)N=c3s/c(=C/c4ccc(OCc5ccc(Cl)cc5)c(Br)c4)c(=O)n32)cc1. The highest BCUT2D eigenvalue weighted by molar-refractivity contribution is 9.10. The number of carbonyl (C=O) groups excluding carboxylic acids is 1. The Bertz CT molecular complexity index is 2090. The Morgan fingerprint density at radius 3 is 2.47 bits per heavy atom. The molecule has 1 atom stereocenters. The summed E-state index contributed by atoms with van der Waals surface area (Å²) in [4.78, 5) is 33.0. The molecule has 10 heteroatoms. The third-order valence-corrected chi connectivity index (χ3v) is 9.15. The summed E-state index contributed by atoms with van der Waals surface area (Å²) >= 11 is 10.9. The van der Waals surface area contributed by atoms with E-state index < -0.39 is 6.04 Å². The Labute approximate surface area is 276 Å². The van der Waals surface area contributed by atoms with E-state index in [1.807, 2.05) is 103 Å². The highest BCUT2D eigenvalue weighted by atomic mass is 79.9. The Balaban J connectivity index is 1.36. The predicted octanol–water partition coefficient (Wildman–Crippen LogP) is 6.88. The summed E-state index contributed by atoms with van der Waals surface area (Å²) in [5.41, 5.74) is 3.92. The molecular formula is C35H27BrClN3O4S. The summed E-state index contributed by atoms with van der Waals surface area (Å²) in [7, 11) is 1.59. The van der Waals surface area contributed by atoms with Crippen molar-refractivity contribution in [2.24, 2.45) is 4.99 Å². The summed E-state index contributed by atoms with van der Waals surface area (Å²) in [5, 5.41) is 3.64. The van der Waals surface area contributed by atoms with Crippen LogP contribution in [0.15, 0.2) is 123 Å². The lowest BCUT2D eigenvalue weighted by atomic mass is 9.95.